The van der Waals surface area contributed by atoms with Crippen LogP contribution in [0.5, 0.6) is 0 Å². The summed E-state index contributed by atoms with van der Waals surface area (Å²) < 4.78 is 0. The van der Waals surface area contributed by atoms with Crippen LogP contribution in [0.1, 0.15) is 41.1 Å². The van der Waals surface area contributed by atoms with E-state index in [9.17, 15) is 9.59 Å². The Morgan fingerprint density at radius 1 is 1.30 bits per heavy atom. The quantitative estimate of drug-likeness (QED) is 0.919. The first-order valence-electron chi connectivity index (χ1n) is 8.13. The first-order valence-corrected chi connectivity index (χ1v) is 8.13. The van der Waals surface area contributed by atoms with Crippen molar-refractivity contribution in [1.82, 2.24) is 14.9 Å². The van der Waals surface area contributed by atoms with Crippen molar-refractivity contribution in [3.05, 3.63) is 63.3 Å². The van der Waals surface area contributed by atoms with E-state index >= 15 is 0 Å². The zero-order chi connectivity index (χ0) is 15.8. The van der Waals surface area contributed by atoms with Gasteiger partial charge in [-0.05, 0) is 36.3 Å². The van der Waals surface area contributed by atoms with Crippen molar-refractivity contribution in [2.45, 2.75) is 38.1 Å². The minimum atomic E-state index is -0.0770. The van der Waals surface area contributed by atoms with E-state index in [0.717, 1.165) is 24.1 Å². The highest BCUT2D eigenvalue weighted by Gasteiger charge is 2.28. The molecular weight excluding hydrogens is 290 g/mol. The number of hydrogen-bond donors (Lipinski definition) is 1. The van der Waals surface area contributed by atoms with Crippen LogP contribution in [0, 0.1) is 0 Å². The maximum absolute atomic E-state index is 12.7. The fraction of sp³-hybridized carbons (Fsp3) is 0.389. The van der Waals surface area contributed by atoms with Gasteiger partial charge in [-0.15, -0.1) is 0 Å². The fourth-order valence-electron chi connectivity index (χ4n) is 3.78. The third-order valence-electron chi connectivity index (χ3n) is 5.04. The zero-order valence-corrected chi connectivity index (χ0v) is 12.9. The molecule has 0 spiro atoms. The summed E-state index contributed by atoms with van der Waals surface area (Å²) in [5.74, 6) is 0.492. The third-order valence-corrected chi connectivity index (χ3v) is 5.04. The van der Waals surface area contributed by atoms with Gasteiger partial charge in [0.1, 0.15) is 0 Å². The molecule has 1 aliphatic carbocycles. The van der Waals surface area contributed by atoms with Gasteiger partial charge in [0, 0.05) is 18.5 Å². The van der Waals surface area contributed by atoms with Crippen LogP contribution in [0.25, 0.3) is 0 Å². The van der Waals surface area contributed by atoms with Crippen molar-refractivity contribution >= 4 is 5.91 Å². The van der Waals surface area contributed by atoms with Crippen LogP contribution in [0.3, 0.4) is 0 Å². The number of rotatable bonds is 2. The highest BCUT2D eigenvalue weighted by Crippen LogP contribution is 2.35. The summed E-state index contributed by atoms with van der Waals surface area (Å²) in [5.41, 5.74) is 4.09. The molecule has 2 aliphatic rings. The van der Waals surface area contributed by atoms with E-state index in [4.69, 9.17) is 0 Å². The predicted octanol–water partition coefficient (Wildman–Crippen LogP) is 1.77. The van der Waals surface area contributed by atoms with Crippen LogP contribution < -0.4 is 5.56 Å². The number of amides is 1. The SMILES string of the molecule is O=C(C[C@@H]1CCc2ccccc21)N1CCc2c(nc[nH]c2=O)C1. The summed E-state index contributed by atoms with van der Waals surface area (Å²) in [6.45, 7) is 1.06. The Hall–Kier alpha value is -2.43. The van der Waals surface area contributed by atoms with Gasteiger partial charge in [0.15, 0.2) is 0 Å². The van der Waals surface area contributed by atoms with E-state index in [1.165, 1.54) is 17.5 Å². The molecule has 4 rings (SSSR count). The molecule has 0 radical (unpaired) electrons. The van der Waals surface area contributed by atoms with E-state index in [1.807, 2.05) is 4.90 Å². The van der Waals surface area contributed by atoms with Crippen molar-refractivity contribution in [2.75, 3.05) is 6.54 Å². The summed E-state index contributed by atoms with van der Waals surface area (Å²) in [4.78, 5) is 33.1. The van der Waals surface area contributed by atoms with Crippen molar-refractivity contribution in [3.8, 4) is 0 Å². The molecule has 1 aromatic carbocycles. The minimum Gasteiger partial charge on any atom is -0.336 e. The van der Waals surface area contributed by atoms with Crippen LogP contribution in [0.4, 0.5) is 0 Å². The number of nitrogens with zero attached hydrogens (tertiary/aromatic N) is 2. The average molecular weight is 309 g/mol. The highest BCUT2D eigenvalue weighted by atomic mass is 16.2. The molecule has 1 amide bonds. The van der Waals surface area contributed by atoms with Gasteiger partial charge in [0.05, 0.1) is 18.6 Å². The average Bonchev–Trinajstić information content (AvgIpc) is 2.98. The normalized spacial score (nSPS) is 19.3. The molecule has 2 aromatic rings. The number of aryl methyl sites for hydroxylation is 1. The van der Waals surface area contributed by atoms with Crippen LogP contribution in [-0.4, -0.2) is 27.3 Å². The monoisotopic (exact) mass is 309 g/mol. The van der Waals surface area contributed by atoms with Crippen LogP contribution >= 0.6 is 0 Å². The molecule has 118 valence electrons. The number of benzene rings is 1. The number of fused-ring (bicyclic) bond motifs is 2. The van der Waals surface area contributed by atoms with Gasteiger partial charge < -0.3 is 9.88 Å². The summed E-state index contributed by atoms with van der Waals surface area (Å²) in [6.07, 6.45) is 4.67. The molecule has 5 heteroatoms. The van der Waals surface area contributed by atoms with E-state index in [1.54, 1.807) is 0 Å². The highest BCUT2D eigenvalue weighted by molar-refractivity contribution is 5.77. The van der Waals surface area contributed by atoms with E-state index in [0.29, 0.717) is 31.8 Å². The maximum atomic E-state index is 12.7. The first kappa shape index (κ1) is 14.2. The lowest BCUT2D eigenvalue weighted by Crippen LogP contribution is -2.39. The van der Waals surface area contributed by atoms with E-state index in [-0.39, 0.29) is 11.5 Å². The second-order valence-electron chi connectivity index (χ2n) is 6.36. The number of hydrogen-bond acceptors (Lipinski definition) is 3. The Bertz CT molecular complexity index is 812. The summed E-state index contributed by atoms with van der Waals surface area (Å²) in [5, 5.41) is 0. The van der Waals surface area contributed by atoms with Gasteiger partial charge in [0.2, 0.25) is 5.91 Å². The predicted molar refractivity (Wildman–Crippen MR) is 86.1 cm³/mol. The molecule has 0 fully saturated rings. The summed E-state index contributed by atoms with van der Waals surface area (Å²) in [6, 6.07) is 8.42. The number of carbonyl (C=O) groups excluding carboxylic acids is 1. The van der Waals surface area contributed by atoms with Gasteiger partial charge in [-0.1, -0.05) is 24.3 Å². The minimum absolute atomic E-state index is 0.0770. The molecule has 1 N–H and O–H groups in total. The second-order valence-corrected chi connectivity index (χ2v) is 6.36. The molecule has 1 atom stereocenters. The largest absolute Gasteiger partial charge is 0.336 e. The number of aromatic nitrogens is 2. The topological polar surface area (TPSA) is 66.1 Å². The van der Waals surface area contributed by atoms with Gasteiger partial charge in [-0.2, -0.15) is 0 Å². The molecule has 0 bridgehead atoms. The summed E-state index contributed by atoms with van der Waals surface area (Å²) in [7, 11) is 0. The van der Waals surface area contributed by atoms with Crippen molar-refractivity contribution in [1.29, 1.82) is 0 Å². The number of carbonyl (C=O) groups is 1. The molecule has 23 heavy (non-hydrogen) atoms. The van der Waals surface area contributed by atoms with Crippen LogP contribution in [0.15, 0.2) is 35.4 Å². The van der Waals surface area contributed by atoms with Crippen LogP contribution in [0.2, 0.25) is 0 Å². The maximum Gasteiger partial charge on any atom is 0.254 e. The lowest BCUT2D eigenvalue weighted by molar-refractivity contribution is -0.132. The Balaban J connectivity index is 1.48. The van der Waals surface area contributed by atoms with Crippen molar-refractivity contribution in [3.63, 3.8) is 0 Å². The zero-order valence-electron chi connectivity index (χ0n) is 12.9. The number of aromatic amines is 1. The van der Waals surface area contributed by atoms with E-state index in [2.05, 4.69) is 34.2 Å². The molecular formula is C18H19N3O2. The fourth-order valence-corrected chi connectivity index (χ4v) is 3.78. The van der Waals surface area contributed by atoms with Crippen molar-refractivity contribution in [2.24, 2.45) is 0 Å². The van der Waals surface area contributed by atoms with Gasteiger partial charge in [0.25, 0.3) is 5.56 Å². The smallest absolute Gasteiger partial charge is 0.254 e. The van der Waals surface area contributed by atoms with Crippen LogP contribution in [-0.2, 0) is 24.2 Å². The molecule has 0 unspecified atom stereocenters. The number of nitrogens with one attached hydrogen (secondary N) is 1. The van der Waals surface area contributed by atoms with Gasteiger partial charge >= 0.3 is 0 Å². The second kappa shape index (κ2) is 5.65. The standard InChI is InChI=1S/C18H19N3O2/c22-17(9-13-6-5-12-3-1-2-4-14(12)13)21-8-7-15-16(10-21)19-11-20-18(15)23/h1-4,11,13H,5-10H2,(H,19,20,23)/t13-/m0/s1. The lowest BCUT2D eigenvalue weighted by atomic mass is 9.96. The lowest BCUT2D eigenvalue weighted by Gasteiger charge is -2.28. The summed E-state index contributed by atoms with van der Waals surface area (Å²) >= 11 is 0. The Morgan fingerprint density at radius 2 is 2.17 bits per heavy atom. The van der Waals surface area contributed by atoms with Gasteiger partial charge in [-0.3, -0.25) is 9.59 Å². The Morgan fingerprint density at radius 3 is 3.09 bits per heavy atom. The van der Waals surface area contributed by atoms with E-state index < -0.39 is 0 Å². The van der Waals surface area contributed by atoms with Crippen molar-refractivity contribution < 1.29 is 4.79 Å². The molecule has 5 nitrogen and oxygen atoms in total. The Kier molecular flexibility index (Phi) is 3.48. The molecule has 0 saturated carbocycles. The molecule has 1 aliphatic heterocycles. The van der Waals surface area contributed by atoms with Gasteiger partial charge in [-0.25, -0.2) is 4.98 Å². The Labute approximate surface area is 134 Å². The number of H-pyrrole nitrogens is 1. The molecule has 1 aromatic heterocycles. The molecule has 0 saturated heterocycles. The third kappa shape index (κ3) is 2.56. The first-order chi connectivity index (χ1) is 11.2. The molecule has 2 heterocycles.